The first kappa shape index (κ1) is 38.4. The first-order valence-electron chi connectivity index (χ1n) is 13.5. The minimum absolute atomic E-state index is 0. The summed E-state index contributed by atoms with van der Waals surface area (Å²) in [5.74, 6) is -1.27. The molecule has 0 unspecified atom stereocenters. The number of nitrogens with zero attached hydrogens (tertiary/aromatic N) is 6. The zero-order valence-electron chi connectivity index (χ0n) is 25.1. The maximum absolute atomic E-state index is 13.8. The van der Waals surface area contributed by atoms with Gasteiger partial charge in [-0.2, -0.15) is 44.3 Å². The SMILES string of the molecule is CCN(CCC(C)(C)CC(=O)O)c1ccc(C(F)(F)F)cc1CN(Cc1cc(C(F)(F)F)cc(C(F)(F)F)c1)c1nnn(C)n1.Cl. The van der Waals surface area contributed by atoms with E-state index in [1.807, 2.05) is 0 Å². The molecule has 8 nitrogen and oxygen atoms in total. The van der Waals surface area contributed by atoms with Gasteiger partial charge in [-0.15, -0.1) is 17.5 Å². The fourth-order valence-corrected chi connectivity index (χ4v) is 4.72. The summed E-state index contributed by atoms with van der Waals surface area (Å²) in [4.78, 5) is 15.1. The summed E-state index contributed by atoms with van der Waals surface area (Å²) in [5, 5.41) is 20.7. The van der Waals surface area contributed by atoms with E-state index in [1.54, 1.807) is 25.7 Å². The van der Waals surface area contributed by atoms with Gasteiger partial charge < -0.3 is 14.9 Å². The molecule has 3 rings (SSSR count). The van der Waals surface area contributed by atoms with E-state index in [0.717, 1.165) is 21.8 Å². The maximum atomic E-state index is 13.8. The Morgan fingerprint density at radius 1 is 0.848 bits per heavy atom. The number of anilines is 2. The Hall–Kier alpha value is -3.76. The highest BCUT2D eigenvalue weighted by atomic mass is 35.5. The average molecular weight is 691 g/mol. The van der Waals surface area contributed by atoms with Crippen LogP contribution >= 0.6 is 12.4 Å². The second kappa shape index (κ2) is 14.3. The first-order chi connectivity index (χ1) is 20.6. The molecule has 256 valence electrons. The van der Waals surface area contributed by atoms with Crippen molar-refractivity contribution in [1.29, 1.82) is 0 Å². The topological polar surface area (TPSA) is 87.4 Å². The molecule has 0 radical (unpaired) electrons. The third-order valence-corrected chi connectivity index (χ3v) is 6.98. The molecule has 0 spiro atoms. The monoisotopic (exact) mass is 690 g/mol. The van der Waals surface area contributed by atoms with Gasteiger partial charge in [0.15, 0.2) is 0 Å². The number of carboxylic acids is 1. The molecule has 0 amide bonds. The zero-order chi connectivity index (χ0) is 34.0. The number of tetrazole rings is 1. The van der Waals surface area contributed by atoms with E-state index < -0.39 is 65.3 Å². The summed E-state index contributed by atoms with van der Waals surface area (Å²) < 4.78 is 123. The van der Waals surface area contributed by atoms with Gasteiger partial charge in [-0.25, -0.2) is 0 Å². The number of hydrogen-bond donors (Lipinski definition) is 1. The summed E-state index contributed by atoms with van der Waals surface area (Å²) in [6.45, 7) is 4.61. The largest absolute Gasteiger partial charge is 0.481 e. The van der Waals surface area contributed by atoms with Crippen LogP contribution in [-0.4, -0.2) is 44.4 Å². The van der Waals surface area contributed by atoms with Crippen molar-refractivity contribution in [1.82, 2.24) is 20.2 Å². The van der Waals surface area contributed by atoms with Crippen LogP contribution < -0.4 is 9.80 Å². The Kier molecular flexibility index (Phi) is 12.0. The number of carbonyl (C=O) groups is 1. The molecule has 0 aliphatic rings. The van der Waals surface area contributed by atoms with E-state index >= 15 is 0 Å². The summed E-state index contributed by atoms with van der Waals surface area (Å²) in [6.07, 6.45) is -14.8. The molecule has 0 aliphatic heterocycles. The molecule has 46 heavy (non-hydrogen) atoms. The zero-order valence-corrected chi connectivity index (χ0v) is 25.9. The summed E-state index contributed by atoms with van der Waals surface area (Å²) in [6, 6.07) is 3.95. The Labute approximate surface area is 264 Å². The standard InChI is InChI=1S/C28H31F9N6O2.ClH/c1-5-42(9-8-25(2,3)14-23(44)45)22-7-6-19(26(29,30)31)12-18(22)16-43(24-38-40-41(4)39-24)15-17-10-20(27(32,33)34)13-21(11-17)28(35,36)37;/h6-7,10-13H,5,8-9,14-16H2,1-4H3,(H,44,45);1H. The first-order valence-corrected chi connectivity index (χ1v) is 13.5. The molecule has 0 fully saturated rings. The van der Waals surface area contributed by atoms with Crippen molar-refractivity contribution in [2.45, 2.75) is 65.2 Å². The number of halogens is 10. The van der Waals surface area contributed by atoms with E-state index in [4.69, 9.17) is 0 Å². The van der Waals surface area contributed by atoms with Crippen LogP contribution in [0.2, 0.25) is 0 Å². The van der Waals surface area contributed by atoms with Gasteiger partial charge in [-0.3, -0.25) is 4.79 Å². The minimum atomic E-state index is -5.12. The molecule has 0 atom stereocenters. The highest BCUT2D eigenvalue weighted by Crippen LogP contribution is 2.38. The van der Waals surface area contributed by atoms with E-state index in [2.05, 4.69) is 15.4 Å². The van der Waals surface area contributed by atoms with Crippen molar-refractivity contribution in [3.8, 4) is 0 Å². The van der Waals surface area contributed by atoms with Crippen LogP contribution in [0.1, 0.15) is 61.4 Å². The molecule has 0 aliphatic carbocycles. The van der Waals surface area contributed by atoms with Crippen LogP contribution in [0.3, 0.4) is 0 Å². The molecule has 1 aromatic heterocycles. The van der Waals surface area contributed by atoms with E-state index in [9.17, 15) is 49.4 Å². The predicted molar refractivity (Wildman–Crippen MR) is 152 cm³/mol. The number of hydrogen-bond acceptors (Lipinski definition) is 6. The second-order valence-corrected chi connectivity index (χ2v) is 11.3. The van der Waals surface area contributed by atoms with Gasteiger partial charge in [-0.05, 0) is 71.5 Å². The number of benzene rings is 2. The second-order valence-electron chi connectivity index (χ2n) is 11.3. The van der Waals surface area contributed by atoms with Crippen molar-refractivity contribution in [3.05, 3.63) is 64.2 Å². The molecule has 1 heterocycles. The van der Waals surface area contributed by atoms with Gasteiger partial charge in [0, 0.05) is 31.9 Å². The Morgan fingerprint density at radius 3 is 1.87 bits per heavy atom. The molecular formula is C28H32ClF9N6O2. The van der Waals surface area contributed by atoms with E-state index in [0.29, 0.717) is 24.2 Å². The number of rotatable bonds is 12. The quantitative estimate of drug-likeness (QED) is 0.196. The van der Waals surface area contributed by atoms with Crippen LogP contribution in [0.15, 0.2) is 36.4 Å². The van der Waals surface area contributed by atoms with Gasteiger partial charge in [0.2, 0.25) is 0 Å². The highest BCUT2D eigenvalue weighted by molar-refractivity contribution is 5.85. The highest BCUT2D eigenvalue weighted by Gasteiger charge is 2.37. The van der Waals surface area contributed by atoms with Crippen molar-refractivity contribution in [2.24, 2.45) is 12.5 Å². The molecule has 18 heteroatoms. The smallest absolute Gasteiger partial charge is 0.416 e. The molecule has 1 N–H and O–H groups in total. The fraction of sp³-hybridized carbons (Fsp3) is 0.500. The Morgan fingerprint density at radius 2 is 1.41 bits per heavy atom. The number of aliphatic carboxylic acids is 1. The normalized spacial score (nSPS) is 12.5. The van der Waals surface area contributed by atoms with Crippen molar-refractivity contribution in [2.75, 3.05) is 22.9 Å². The molecule has 0 bridgehead atoms. The van der Waals surface area contributed by atoms with Crippen LogP contribution in [0, 0.1) is 5.41 Å². The lowest BCUT2D eigenvalue weighted by atomic mass is 9.85. The van der Waals surface area contributed by atoms with Crippen molar-refractivity contribution in [3.63, 3.8) is 0 Å². The molecule has 3 aromatic rings. The molecule has 2 aromatic carbocycles. The number of carboxylic acid groups (broad SMARTS) is 1. The third-order valence-electron chi connectivity index (χ3n) is 6.98. The minimum Gasteiger partial charge on any atom is -0.481 e. The maximum Gasteiger partial charge on any atom is 0.416 e. The van der Waals surface area contributed by atoms with Crippen LogP contribution in [0.5, 0.6) is 0 Å². The lowest BCUT2D eigenvalue weighted by Crippen LogP contribution is -2.31. The molecule has 0 saturated carbocycles. The lowest BCUT2D eigenvalue weighted by molar-refractivity contribution is -0.143. The lowest BCUT2D eigenvalue weighted by Gasteiger charge is -2.32. The van der Waals surface area contributed by atoms with Gasteiger partial charge in [0.1, 0.15) is 0 Å². The van der Waals surface area contributed by atoms with E-state index in [-0.39, 0.29) is 49.5 Å². The Balaban J connectivity index is 0.00000736. The number of aromatic nitrogens is 4. The van der Waals surface area contributed by atoms with Gasteiger partial charge in [0.05, 0.1) is 30.2 Å². The summed E-state index contributed by atoms with van der Waals surface area (Å²) in [5.41, 5.74) is -4.93. The van der Waals surface area contributed by atoms with E-state index in [1.165, 1.54) is 13.1 Å². The van der Waals surface area contributed by atoms with Crippen molar-refractivity contribution < 1.29 is 49.4 Å². The number of alkyl halides is 9. The van der Waals surface area contributed by atoms with Crippen LogP contribution in [0.25, 0.3) is 0 Å². The summed E-state index contributed by atoms with van der Waals surface area (Å²) in [7, 11) is 1.36. The number of aryl methyl sites for hydroxylation is 1. The van der Waals surface area contributed by atoms with Crippen molar-refractivity contribution >= 4 is 30.0 Å². The Bertz CT molecular complexity index is 1460. The molecular weight excluding hydrogens is 659 g/mol. The van der Waals surface area contributed by atoms with Crippen LogP contribution in [-0.2, 0) is 43.5 Å². The average Bonchev–Trinajstić information content (AvgIpc) is 3.33. The van der Waals surface area contributed by atoms with Gasteiger partial charge in [0.25, 0.3) is 5.95 Å². The van der Waals surface area contributed by atoms with Gasteiger partial charge >= 0.3 is 24.5 Å². The summed E-state index contributed by atoms with van der Waals surface area (Å²) >= 11 is 0. The fourth-order valence-electron chi connectivity index (χ4n) is 4.72. The van der Waals surface area contributed by atoms with Crippen LogP contribution in [0.4, 0.5) is 51.1 Å². The molecule has 0 saturated heterocycles. The van der Waals surface area contributed by atoms with Gasteiger partial charge in [-0.1, -0.05) is 18.9 Å². The predicted octanol–water partition coefficient (Wildman–Crippen LogP) is 7.61. The third kappa shape index (κ3) is 10.4.